The number of carbonyl (C=O) groups is 1. The number of benzene rings is 1. The number of nitrogens with two attached hydrogens (primary N) is 1. The molecule has 0 aromatic heterocycles. The van der Waals surface area contributed by atoms with Gasteiger partial charge in [0.2, 0.25) is 0 Å². The molecule has 1 spiro atoms. The van der Waals surface area contributed by atoms with Gasteiger partial charge in [-0.25, -0.2) is 5.90 Å². The van der Waals surface area contributed by atoms with E-state index >= 15 is 0 Å². The number of likely N-dealkylation sites (tertiary alicyclic amines) is 1. The number of ether oxygens (including phenoxy) is 2. The second-order valence-electron chi connectivity index (χ2n) is 7.52. The highest BCUT2D eigenvalue weighted by molar-refractivity contribution is 5.90. The van der Waals surface area contributed by atoms with Gasteiger partial charge in [0.25, 0.3) is 0 Å². The van der Waals surface area contributed by atoms with Crippen LogP contribution in [0.15, 0.2) is 12.1 Å². The van der Waals surface area contributed by atoms with E-state index in [1.807, 2.05) is 6.07 Å². The fraction of sp³-hybridized carbons (Fsp3) is 0.611. The van der Waals surface area contributed by atoms with Crippen molar-refractivity contribution < 1.29 is 19.1 Å². The molecule has 1 saturated heterocycles. The summed E-state index contributed by atoms with van der Waals surface area (Å²) < 4.78 is 11.8. The summed E-state index contributed by atoms with van der Waals surface area (Å²) in [5.74, 6) is 7.49. The fourth-order valence-corrected chi connectivity index (χ4v) is 5.90. The summed E-state index contributed by atoms with van der Waals surface area (Å²) >= 11 is 0. The second kappa shape index (κ2) is 4.50. The van der Waals surface area contributed by atoms with Crippen molar-refractivity contribution in [2.45, 2.75) is 48.8 Å². The number of carbonyl (C=O) groups excluding carboxylic acids is 1. The van der Waals surface area contributed by atoms with Gasteiger partial charge in [0, 0.05) is 18.0 Å². The molecule has 0 amide bonds. The molecule has 4 atom stereocenters. The van der Waals surface area contributed by atoms with Crippen molar-refractivity contribution in [3.05, 3.63) is 23.3 Å². The molecular formula is C18H22N2O4. The summed E-state index contributed by atoms with van der Waals surface area (Å²) in [4.78, 5) is 20.9. The smallest absolute Gasteiger partial charge is 0.174 e. The van der Waals surface area contributed by atoms with Crippen LogP contribution in [0.4, 0.5) is 0 Å². The van der Waals surface area contributed by atoms with Gasteiger partial charge in [-0.05, 0) is 44.5 Å². The van der Waals surface area contributed by atoms with Crippen LogP contribution in [0.1, 0.15) is 30.4 Å². The van der Waals surface area contributed by atoms with E-state index in [9.17, 15) is 4.79 Å². The number of ketones is 1. The van der Waals surface area contributed by atoms with E-state index in [0.717, 1.165) is 30.7 Å². The third kappa shape index (κ3) is 1.35. The number of Topliss-reactive ketones (excluding diaryl/α,β-unsaturated/α-hetero) is 1. The minimum atomic E-state index is -0.580. The first kappa shape index (κ1) is 14.7. The minimum absolute atomic E-state index is 0.150. The van der Waals surface area contributed by atoms with E-state index in [1.54, 1.807) is 7.11 Å². The van der Waals surface area contributed by atoms with Crippen molar-refractivity contribution in [1.82, 2.24) is 4.90 Å². The lowest BCUT2D eigenvalue weighted by molar-refractivity contribution is -0.212. The molecule has 2 aliphatic carbocycles. The Morgan fingerprint density at radius 3 is 2.96 bits per heavy atom. The minimum Gasteiger partial charge on any atom is -0.493 e. The van der Waals surface area contributed by atoms with Gasteiger partial charge >= 0.3 is 0 Å². The van der Waals surface area contributed by atoms with Crippen LogP contribution in [0.2, 0.25) is 0 Å². The lowest BCUT2D eigenvalue weighted by atomic mass is 9.49. The number of methoxy groups -OCH3 is 1. The molecule has 1 aromatic rings. The molecule has 2 aliphatic heterocycles. The van der Waals surface area contributed by atoms with E-state index < -0.39 is 17.1 Å². The Kier molecular flexibility index (Phi) is 2.76. The molecule has 4 unspecified atom stereocenters. The summed E-state index contributed by atoms with van der Waals surface area (Å²) in [5.41, 5.74) is 1.26. The van der Waals surface area contributed by atoms with E-state index in [4.69, 9.17) is 20.2 Å². The summed E-state index contributed by atoms with van der Waals surface area (Å²) in [6.07, 6.45) is 2.23. The molecule has 128 valence electrons. The maximum Gasteiger partial charge on any atom is 0.174 e. The largest absolute Gasteiger partial charge is 0.493 e. The van der Waals surface area contributed by atoms with E-state index in [-0.39, 0.29) is 11.8 Å². The molecule has 5 rings (SSSR count). The number of nitrogens with zero attached hydrogens (tertiary/aromatic N) is 1. The van der Waals surface area contributed by atoms with E-state index in [1.165, 1.54) is 5.56 Å². The summed E-state index contributed by atoms with van der Waals surface area (Å²) in [5, 5.41) is 0. The molecule has 1 aromatic carbocycles. The molecule has 6 nitrogen and oxygen atoms in total. The average molecular weight is 330 g/mol. The molecule has 1 saturated carbocycles. The van der Waals surface area contributed by atoms with Crippen LogP contribution < -0.4 is 15.4 Å². The van der Waals surface area contributed by atoms with Crippen LogP contribution in [0.5, 0.6) is 11.5 Å². The van der Waals surface area contributed by atoms with Crippen LogP contribution in [-0.2, 0) is 21.5 Å². The third-order valence-corrected chi connectivity index (χ3v) is 6.90. The van der Waals surface area contributed by atoms with Crippen molar-refractivity contribution in [3.63, 3.8) is 0 Å². The monoisotopic (exact) mass is 330 g/mol. The number of rotatable bonds is 2. The first-order valence-corrected chi connectivity index (χ1v) is 8.57. The van der Waals surface area contributed by atoms with Crippen LogP contribution >= 0.6 is 0 Å². The molecular weight excluding hydrogens is 308 g/mol. The van der Waals surface area contributed by atoms with Crippen molar-refractivity contribution in [3.8, 4) is 11.5 Å². The SMILES string of the molecule is COc1ccc2c3c1OC1C(=O)CCC4(ON)C(C2)N(C)CCC314. The van der Waals surface area contributed by atoms with E-state index in [0.29, 0.717) is 18.6 Å². The van der Waals surface area contributed by atoms with Crippen LogP contribution in [0.25, 0.3) is 0 Å². The van der Waals surface area contributed by atoms with Crippen molar-refractivity contribution in [2.75, 3.05) is 20.7 Å². The Morgan fingerprint density at radius 2 is 2.21 bits per heavy atom. The molecule has 4 aliphatic rings. The highest BCUT2D eigenvalue weighted by Crippen LogP contribution is 2.65. The Morgan fingerprint density at radius 1 is 1.38 bits per heavy atom. The number of hydrogen-bond donors (Lipinski definition) is 1. The van der Waals surface area contributed by atoms with Gasteiger partial charge in [-0.15, -0.1) is 0 Å². The average Bonchev–Trinajstić information content (AvgIpc) is 2.95. The van der Waals surface area contributed by atoms with Crippen LogP contribution in [0.3, 0.4) is 0 Å². The predicted molar refractivity (Wildman–Crippen MR) is 86.1 cm³/mol. The highest BCUT2D eigenvalue weighted by Gasteiger charge is 2.74. The molecule has 2 bridgehead atoms. The topological polar surface area (TPSA) is 74.0 Å². The third-order valence-electron chi connectivity index (χ3n) is 6.90. The lowest BCUT2D eigenvalue weighted by Crippen LogP contribution is -2.77. The van der Waals surface area contributed by atoms with Gasteiger partial charge in [0.05, 0.1) is 12.5 Å². The zero-order chi connectivity index (χ0) is 16.7. The number of hydrogen-bond acceptors (Lipinski definition) is 6. The first-order valence-electron chi connectivity index (χ1n) is 8.57. The predicted octanol–water partition coefficient (Wildman–Crippen LogP) is 0.946. The van der Waals surface area contributed by atoms with Crippen LogP contribution in [0, 0.1) is 0 Å². The molecule has 6 heteroatoms. The van der Waals surface area contributed by atoms with Gasteiger partial charge in [0.15, 0.2) is 23.4 Å². The zero-order valence-corrected chi connectivity index (χ0v) is 14.0. The molecule has 24 heavy (non-hydrogen) atoms. The van der Waals surface area contributed by atoms with Crippen molar-refractivity contribution in [2.24, 2.45) is 5.90 Å². The highest BCUT2D eigenvalue weighted by atomic mass is 16.6. The zero-order valence-electron chi connectivity index (χ0n) is 14.0. The Balaban J connectivity index is 1.86. The maximum atomic E-state index is 12.8. The summed E-state index contributed by atoms with van der Waals surface area (Å²) in [7, 11) is 3.75. The fourth-order valence-electron chi connectivity index (χ4n) is 5.90. The van der Waals surface area contributed by atoms with Crippen molar-refractivity contribution >= 4 is 5.78 Å². The Labute approximate surface area is 140 Å². The van der Waals surface area contributed by atoms with Gasteiger partial charge in [-0.2, -0.15) is 0 Å². The Hall–Kier alpha value is -1.63. The van der Waals surface area contributed by atoms with Crippen molar-refractivity contribution in [1.29, 1.82) is 0 Å². The standard InChI is InChI=1S/C18H22N2O4/c1-20-8-7-17-14-10-3-4-12(22-2)15(14)23-16(17)11(21)5-6-18(17,24-19)13(20)9-10/h3-4,13,16H,5-9,19H2,1-2H3. The number of likely N-dealkylation sites (N-methyl/N-ethyl adjacent to an activating group) is 1. The molecule has 2 heterocycles. The molecule has 2 N–H and O–H groups in total. The van der Waals surface area contributed by atoms with Crippen LogP contribution in [-0.4, -0.2) is 49.1 Å². The normalized spacial score (nSPS) is 39.4. The van der Waals surface area contributed by atoms with Gasteiger partial charge in [-0.3, -0.25) is 9.63 Å². The van der Waals surface area contributed by atoms with E-state index in [2.05, 4.69) is 18.0 Å². The molecule has 0 radical (unpaired) electrons. The quantitative estimate of drug-likeness (QED) is 0.814. The number of piperidine rings is 1. The summed E-state index contributed by atoms with van der Waals surface area (Å²) in [6, 6.07) is 4.21. The van der Waals surface area contributed by atoms with Gasteiger partial charge in [-0.1, -0.05) is 6.07 Å². The van der Waals surface area contributed by atoms with Gasteiger partial charge in [0.1, 0.15) is 5.60 Å². The Bertz CT molecular complexity index is 751. The lowest BCUT2D eigenvalue weighted by Gasteiger charge is -2.62. The summed E-state index contributed by atoms with van der Waals surface area (Å²) in [6.45, 7) is 0.902. The maximum absolute atomic E-state index is 12.8. The van der Waals surface area contributed by atoms with Gasteiger partial charge < -0.3 is 14.4 Å². The first-order chi connectivity index (χ1) is 11.6. The second-order valence-corrected chi connectivity index (χ2v) is 7.52. The molecule has 2 fully saturated rings.